The molecule has 2 atom stereocenters. The Morgan fingerprint density at radius 2 is 1.13 bits per heavy atom. The zero-order valence-corrected chi connectivity index (χ0v) is 32.5. The molecule has 0 aromatic heterocycles. The van der Waals surface area contributed by atoms with Gasteiger partial charge in [0, 0.05) is 9.52 Å². The van der Waals surface area contributed by atoms with Gasteiger partial charge in [0.1, 0.15) is 0 Å². The second-order valence-electron chi connectivity index (χ2n) is 13.8. The molecular formula is C44H52SiZr. The standard InChI is InChI=1S/C36H33.C4H10Si.C4H9.Zr/c1-4-13-32(35-24(2)22-33-28(18-11-20-30(33)35)26-14-7-5-8-15-26)36-25(3)23-34-29(19-12-21-31(34)36)27-16-9-6-10-17-27;1-2-4-5-3-1;1-3-4-2;/h5-12,14-23,35-36H,4,13H2,1-3H3;1-5H2;1,3-4H2,2H3;. The Hall–Kier alpha value is -2.54. The summed E-state index contributed by atoms with van der Waals surface area (Å²) in [5.41, 5.74) is 14.7. The molecule has 0 N–H and O–H groups in total. The van der Waals surface area contributed by atoms with Crippen molar-refractivity contribution in [3.63, 3.8) is 0 Å². The molecule has 2 aliphatic carbocycles. The van der Waals surface area contributed by atoms with Crippen LogP contribution in [-0.2, 0) is 23.2 Å². The molecule has 2 unspecified atom stereocenters. The third kappa shape index (κ3) is 6.73. The molecule has 7 rings (SSSR count). The number of unbranched alkanes of at least 4 members (excludes halogenated alkanes) is 1. The summed E-state index contributed by atoms with van der Waals surface area (Å²) in [7, 11) is 0.543. The maximum atomic E-state index is 2.56. The van der Waals surface area contributed by atoms with E-state index in [4.69, 9.17) is 0 Å². The van der Waals surface area contributed by atoms with Crippen LogP contribution in [0.25, 0.3) is 34.4 Å². The summed E-state index contributed by atoms with van der Waals surface area (Å²) in [4.78, 5) is 0. The van der Waals surface area contributed by atoms with Crippen LogP contribution in [0.3, 0.4) is 0 Å². The number of hydrogen-bond acceptors (Lipinski definition) is 0. The molecule has 0 bridgehead atoms. The van der Waals surface area contributed by atoms with Crippen LogP contribution in [0.15, 0.2) is 108 Å². The number of benzene rings is 4. The Morgan fingerprint density at radius 1 is 0.630 bits per heavy atom. The minimum atomic E-state index is -0.816. The summed E-state index contributed by atoms with van der Waals surface area (Å²) >= 11 is -0.816. The Labute approximate surface area is 293 Å². The third-order valence-electron chi connectivity index (χ3n) is 10.7. The molecule has 4 aromatic rings. The van der Waals surface area contributed by atoms with Crippen molar-refractivity contribution in [1.29, 1.82) is 0 Å². The van der Waals surface area contributed by atoms with E-state index in [9.17, 15) is 0 Å². The van der Waals surface area contributed by atoms with Crippen LogP contribution in [0.2, 0.25) is 19.3 Å². The molecule has 1 saturated heterocycles. The molecule has 0 amide bonds. The van der Waals surface area contributed by atoms with Crippen LogP contribution >= 0.6 is 0 Å². The van der Waals surface area contributed by atoms with Crippen molar-refractivity contribution in [2.75, 3.05) is 0 Å². The van der Waals surface area contributed by atoms with E-state index in [0.29, 0.717) is 24.5 Å². The molecule has 0 nitrogen and oxygen atoms in total. The number of hydrogen-bond donors (Lipinski definition) is 0. The van der Waals surface area contributed by atoms with E-state index < -0.39 is 23.2 Å². The van der Waals surface area contributed by atoms with Crippen LogP contribution in [-0.4, -0.2) is 9.52 Å². The second kappa shape index (κ2) is 15.6. The fourth-order valence-electron chi connectivity index (χ4n) is 8.75. The normalized spacial score (nSPS) is 19.3. The van der Waals surface area contributed by atoms with Gasteiger partial charge in [-0.2, -0.15) is 0 Å². The van der Waals surface area contributed by atoms with Crippen molar-refractivity contribution in [2.45, 2.75) is 97.4 Å². The van der Waals surface area contributed by atoms with E-state index in [0.717, 1.165) is 0 Å². The molecule has 236 valence electrons. The summed E-state index contributed by atoms with van der Waals surface area (Å²) in [5, 5.41) is 0. The molecule has 1 heterocycles. The predicted octanol–water partition coefficient (Wildman–Crippen LogP) is 12.8. The van der Waals surface area contributed by atoms with Crippen molar-refractivity contribution in [3.8, 4) is 22.3 Å². The summed E-state index contributed by atoms with van der Waals surface area (Å²) < 4.78 is 1.75. The van der Waals surface area contributed by atoms with E-state index in [1.807, 2.05) is 0 Å². The number of allylic oxidation sites excluding steroid dienone is 2. The van der Waals surface area contributed by atoms with Crippen molar-refractivity contribution in [3.05, 3.63) is 130 Å². The fourth-order valence-corrected chi connectivity index (χ4v) is 16.9. The molecule has 0 radical (unpaired) electrons. The fraction of sp³-hybridized carbons (Fsp3) is 0.364. The third-order valence-corrected chi connectivity index (χ3v) is 17.8. The first-order valence-corrected chi connectivity index (χ1v) is 23.0. The molecule has 0 saturated carbocycles. The first-order valence-electron chi connectivity index (χ1n) is 18.1. The van der Waals surface area contributed by atoms with E-state index in [2.05, 4.69) is 137 Å². The zero-order chi connectivity index (χ0) is 31.9. The van der Waals surface area contributed by atoms with E-state index in [1.54, 1.807) is 47.2 Å². The molecular weight excluding hydrogens is 648 g/mol. The summed E-state index contributed by atoms with van der Waals surface area (Å²) in [6.45, 7) is 9.68. The van der Waals surface area contributed by atoms with Gasteiger partial charge in [0.2, 0.25) is 0 Å². The second-order valence-corrected chi connectivity index (χ2v) is 20.3. The Bertz CT molecular complexity index is 1540. The van der Waals surface area contributed by atoms with Crippen molar-refractivity contribution in [2.24, 2.45) is 0 Å². The Morgan fingerprint density at radius 3 is 1.54 bits per heavy atom. The van der Waals surface area contributed by atoms with Crippen LogP contribution in [0, 0.1) is 0 Å². The SMILES string of the molecule is C1CC[SiH2]C1.CCC[CH2][Zr][C](CCC)(C1C(C)=Cc2c(-c3ccccc3)cccc21)C1C(C)=Cc2c(-c3ccccc3)cccc21. The van der Waals surface area contributed by atoms with Crippen molar-refractivity contribution < 1.29 is 23.2 Å². The summed E-state index contributed by atoms with van der Waals surface area (Å²) in [5.74, 6) is 0.980. The molecule has 3 aliphatic rings. The van der Waals surface area contributed by atoms with Crippen LogP contribution < -0.4 is 0 Å². The molecule has 1 aliphatic heterocycles. The van der Waals surface area contributed by atoms with E-state index in [1.165, 1.54) is 63.2 Å². The monoisotopic (exact) mass is 698 g/mol. The van der Waals surface area contributed by atoms with Gasteiger partial charge in [-0.15, -0.1) is 0 Å². The van der Waals surface area contributed by atoms with Gasteiger partial charge in [-0.25, -0.2) is 0 Å². The van der Waals surface area contributed by atoms with Gasteiger partial charge in [0.05, 0.1) is 0 Å². The Kier molecular flexibility index (Phi) is 11.3. The molecule has 2 heteroatoms. The van der Waals surface area contributed by atoms with Gasteiger partial charge in [0.15, 0.2) is 0 Å². The van der Waals surface area contributed by atoms with Crippen molar-refractivity contribution in [1.82, 2.24) is 0 Å². The molecule has 1 fully saturated rings. The first kappa shape index (κ1) is 33.4. The molecule has 46 heavy (non-hydrogen) atoms. The average molecular weight is 700 g/mol. The molecule has 4 aromatic carbocycles. The average Bonchev–Trinajstić information content (AvgIpc) is 3.85. The van der Waals surface area contributed by atoms with Gasteiger partial charge in [-0.05, 0) is 0 Å². The summed E-state index contributed by atoms with van der Waals surface area (Å²) in [6.07, 6.45) is 13.4. The predicted molar refractivity (Wildman–Crippen MR) is 201 cm³/mol. The molecule has 0 spiro atoms. The summed E-state index contributed by atoms with van der Waals surface area (Å²) in [6, 6.07) is 39.6. The van der Waals surface area contributed by atoms with Gasteiger partial charge in [-0.1, -0.05) is 24.9 Å². The van der Waals surface area contributed by atoms with Gasteiger partial charge in [-0.3, -0.25) is 0 Å². The zero-order valence-electron chi connectivity index (χ0n) is 28.6. The quantitative estimate of drug-likeness (QED) is 0.114. The minimum absolute atomic E-state index is 0.301. The van der Waals surface area contributed by atoms with Gasteiger partial charge in [0.25, 0.3) is 0 Å². The Balaban J connectivity index is 0.000000679. The van der Waals surface area contributed by atoms with Gasteiger partial charge >= 0.3 is 261 Å². The van der Waals surface area contributed by atoms with Crippen LogP contribution in [0.4, 0.5) is 0 Å². The number of fused-ring (bicyclic) bond motifs is 2. The van der Waals surface area contributed by atoms with E-state index in [-0.39, 0.29) is 0 Å². The van der Waals surface area contributed by atoms with E-state index >= 15 is 0 Å². The van der Waals surface area contributed by atoms with Crippen molar-refractivity contribution >= 4 is 21.7 Å². The first-order chi connectivity index (χ1) is 22.6. The number of rotatable bonds is 10. The van der Waals surface area contributed by atoms with Crippen LogP contribution in [0.5, 0.6) is 0 Å². The van der Waals surface area contributed by atoms with Crippen LogP contribution in [0.1, 0.15) is 100 Å². The topological polar surface area (TPSA) is 0 Å². The maximum absolute atomic E-state index is 2.56. The van der Waals surface area contributed by atoms with Gasteiger partial charge < -0.3 is 0 Å².